The summed E-state index contributed by atoms with van der Waals surface area (Å²) in [6, 6.07) is 11.4. The fourth-order valence-electron chi connectivity index (χ4n) is 4.06. The first-order valence-corrected chi connectivity index (χ1v) is 9.36. The number of halogens is 1. The first-order valence-electron chi connectivity index (χ1n) is 8.98. The lowest BCUT2D eigenvalue weighted by atomic mass is 9.95. The highest BCUT2D eigenvalue weighted by Gasteiger charge is 2.27. The van der Waals surface area contributed by atoms with Crippen molar-refractivity contribution in [3.05, 3.63) is 53.3 Å². The molecule has 1 atom stereocenters. The van der Waals surface area contributed by atoms with Gasteiger partial charge in [-0.15, -0.1) is 0 Å². The van der Waals surface area contributed by atoms with E-state index in [0.717, 1.165) is 22.7 Å². The van der Waals surface area contributed by atoms with Crippen LogP contribution in [-0.2, 0) is 0 Å². The van der Waals surface area contributed by atoms with Crippen molar-refractivity contribution in [1.82, 2.24) is 15.2 Å². The van der Waals surface area contributed by atoms with Crippen molar-refractivity contribution in [1.29, 1.82) is 0 Å². The lowest BCUT2D eigenvalue weighted by Gasteiger charge is -2.39. The Hall–Kier alpha value is -1.42. The Morgan fingerprint density at radius 1 is 1.04 bits per heavy atom. The van der Waals surface area contributed by atoms with Crippen molar-refractivity contribution < 1.29 is 0 Å². The summed E-state index contributed by atoms with van der Waals surface area (Å²) in [5.41, 5.74) is 3.58. The molecule has 4 heteroatoms. The monoisotopic (exact) mass is 341 g/mol. The minimum Gasteiger partial charge on any atom is -0.312 e. The number of fused-ring (bicyclic) bond motifs is 6. The fourth-order valence-corrected chi connectivity index (χ4v) is 4.25. The van der Waals surface area contributed by atoms with Gasteiger partial charge in [0.25, 0.3) is 0 Å². The Kier molecular flexibility index (Phi) is 4.83. The quantitative estimate of drug-likeness (QED) is 0.883. The molecule has 2 bridgehead atoms. The molecule has 1 aromatic heterocycles. The van der Waals surface area contributed by atoms with Gasteiger partial charge in [0.2, 0.25) is 0 Å². The van der Waals surface area contributed by atoms with Gasteiger partial charge in [-0.1, -0.05) is 23.7 Å². The predicted octanol–water partition coefficient (Wildman–Crippen LogP) is 4.29. The Morgan fingerprint density at radius 3 is 2.67 bits per heavy atom. The average Bonchev–Trinajstić information content (AvgIpc) is 2.53. The van der Waals surface area contributed by atoms with E-state index in [1.54, 1.807) is 0 Å². The Labute approximate surface area is 149 Å². The van der Waals surface area contributed by atoms with E-state index in [2.05, 4.69) is 27.3 Å². The van der Waals surface area contributed by atoms with Crippen LogP contribution in [0.3, 0.4) is 0 Å². The zero-order chi connectivity index (χ0) is 16.4. The smallest absolute Gasteiger partial charge is 0.0488 e. The van der Waals surface area contributed by atoms with Gasteiger partial charge in [-0.3, -0.25) is 9.88 Å². The second-order valence-electron chi connectivity index (χ2n) is 6.96. The summed E-state index contributed by atoms with van der Waals surface area (Å²) in [6.45, 7) is 3.42. The largest absolute Gasteiger partial charge is 0.312 e. The van der Waals surface area contributed by atoms with Gasteiger partial charge >= 0.3 is 0 Å². The lowest BCUT2D eigenvalue weighted by Crippen LogP contribution is -2.46. The molecule has 5 rings (SSSR count). The number of nitrogens with one attached hydrogen (secondary N) is 1. The van der Waals surface area contributed by atoms with Gasteiger partial charge in [0.15, 0.2) is 0 Å². The van der Waals surface area contributed by atoms with Crippen molar-refractivity contribution >= 4 is 11.6 Å². The fraction of sp³-hybridized carbons (Fsp3) is 0.450. The zero-order valence-corrected chi connectivity index (χ0v) is 14.7. The van der Waals surface area contributed by atoms with E-state index in [0.29, 0.717) is 12.1 Å². The van der Waals surface area contributed by atoms with Crippen LogP contribution in [0, 0.1) is 0 Å². The van der Waals surface area contributed by atoms with E-state index < -0.39 is 0 Å². The minimum absolute atomic E-state index is 0.416. The van der Waals surface area contributed by atoms with Crippen LogP contribution in [0.2, 0.25) is 5.02 Å². The number of hydrogen-bond donors (Lipinski definition) is 1. The Morgan fingerprint density at radius 2 is 1.88 bits per heavy atom. The molecule has 1 unspecified atom stereocenters. The average molecular weight is 342 g/mol. The SMILES string of the molecule is Clc1cccc(-c2cncc(C3CNC4CCCN3CCC4)c2)c1. The molecular formula is C20H24ClN3. The predicted molar refractivity (Wildman–Crippen MR) is 99.3 cm³/mol. The third-order valence-electron chi connectivity index (χ3n) is 5.34. The highest BCUT2D eigenvalue weighted by molar-refractivity contribution is 6.30. The highest BCUT2D eigenvalue weighted by Crippen LogP contribution is 2.29. The van der Waals surface area contributed by atoms with Crippen LogP contribution in [-0.4, -0.2) is 35.6 Å². The molecule has 3 aliphatic rings. The van der Waals surface area contributed by atoms with E-state index in [-0.39, 0.29) is 0 Å². The van der Waals surface area contributed by atoms with Crippen molar-refractivity contribution in [2.75, 3.05) is 19.6 Å². The van der Waals surface area contributed by atoms with Crippen LogP contribution < -0.4 is 5.32 Å². The van der Waals surface area contributed by atoms with Gasteiger partial charge < -0.3 is 5.32 Å². The van der Waals surface area contributed by atoms with E-state index in [1.165, 1.54) is 44.3 Å². The maximum atomic E-state index is 6.15. The van der Waals surface area contributed by atoms with Crippen LogP contribution in [0.25, 0.3) is 11.1 Å². The highest BCUT2D eigenvalue weighted by atomic mass is 35.5. The molecule has 126 valence electrons. The zero-order valence-electron chi connectivity index (χ0n) is 13.9. The van der Waals surface area contributed by atoms with E-state index in [9.17, 15) is 0 Å². The number of nitrogens with zero attached hydrogens (tertiary/aromatic N) is 2. The second kappa shape index (κ2) is 7.22. The van der Waals surface area contributed by atoms with Gasteiger partial charge in [-0.25, -0.2) is 0 Å². The van der Waals surface area contributed by atoms with Gasteiger partial charge in [0, 0.05) is 41.6 Å². The minimum atomic E-state index is 0.416. The van der Waals surface area contributed by atoms with Crippen LogP contribution >= 0.6 is 11.6 Å². The summed E-state index contributed by atoms with van der Waals surface area (Å²) in [4.78, 5) is 7.17. The van der Waals surface area contributed by atoms with Crippen molar-refractivity contribution in [3.63, 3.8) is 0 Å². The molecular weight excluding hydrogens is 318 g/mol. The summed E-state index contributed by atoms with van der Waals surface area (Å²) in [5, 5.41) is 4.55. The molecule has 0 amide bonds. The van der Waals surface area contributed by atoms with E-state index >= 15 is 0 Å². The molecule has 0 radical (unpaired) electrons. The standard InChI is InChI=1S/C20H24ClN3/c21-18-5-1-4-15(11-18)16-10-17(13-22-12-16)20-14-23-19-6-2-8-24(20)9-3-7-19/h1,4-5,10-13,19-20,23H,2-3,6-9,14H2. The maximum Gasteiger partial charge on any atom is 0.0488 e. The summed E-state index contributed by atoms with van der Waals surface area (Å²) in [7, 11) is 0. The first-order chi connectivity index (χ1) is 11.8. The molecule has 3 fully saturated rings. The van der Waals surface area contributed by atoms with Gasteiger partial charge in [0.05, 0.1) is 0 Å². The summed E-state index contributed by atoms with van der Waals surface area (Å²) in [5.74, 6) is 0. The summed E-state index contributed by atoms with van der Waals surface area (Å²) in [6.07, 6.45) is 9.16. The second-order valence-corrected chi connectivity index (χ2v) is 7.40. The van der Waals surface area contributed by atoms with Gasteiger partial charge in [-0.05, 0) is 68.1 Å². The van der Waals surface area contributed by atoms with Gasteiger partial charge in [0.1, 0.15) is 0 Å². The Bertz CT molecular complexity index is 693. The molecule has 0 spiro atoms. The number of rotatable bonds is 2. The molecule has 24 heavy (non-hydrogen) atoms. The molecule has 0 saturated carbocycles. The Balaban J connectivity index is 1.64. The molecule has 3 nitrogen and oxygen atoms in total. The third kappa shape index (κ3) is 3.49. The van der Waals surface area contributed by atoms with Crippen molar-refractivity contribution in [2.24, 2.45) is 0 Å². The van der Waals surface area contributed by atoms with Crippen molar-refractivity contribution in [2.45, 2.75) is 37.8 Å². The van der Waals surface area contributed by atoms with Crippen LogP contribution in [0.1, 0.15) is 37.3 Å². The first kappa shape index (κ1) is 16.1. The summed E-state index contributed by atoms with van der Waals surface area (Å²) >= 11 is 6.15. The number of hydrogen-bond acceptors (Lipinski definition) is 3. The molecule has 3 saturated heterocycles. The van der Waals surface area contributed by atoms with Crippen LogP contribution in [0.4, 0.5) is 0 Å². The van der Waals surface area contributed by atoms with Crippen LogP contribution in [0.15, 0.2) is 42.7 Å². The molecule has 2 aromatic rings. The van der Waals surface area contributed by atoms with E-state index in [1.807, 2.05) is 30.6 Å². The number of aromatic nitrogens is 1. The molecule has 3 aliphatic heterocycles. The lowest BCUT2D eigenvalue weighted by molar-refractivity contribution is 0.138. The van der Waals surface area contributed by atoms with E-state index in [4.69, 9.17) is 11.6 Å². The van der Waals surface area contributed by atoms with Crippen LogP contribution in [0.5, 0.6) is 0 Å². The molecule has 1 aromatic carbocycles. The van der Waals surface area contributed by atoms with Crippen molar-refractivity contribution in [3.8, 4) is 11.1 Å². The topological polar surface area (TPSA) is 28.2 Å². The molecule has 1 N–H and O–H groups in total. The summed E-state index contributed by atoms with van der Waals surface area (Å²) < 4.78 is 0. The normalized spacial score (nSPS) is 27.3. The third-order valence-corrected chi connectivity index (χ3v) is 5.57. The van der Waals surface area contributed by atoms with Gasteiger partial charge in [-0.2, -0.15) is 0 Å². The molecule has 0 aliphatic carbocycles. The maximum absolute atomic E-state index is 6.15. The number of pyridine rings is 1. The number of benzene rings is 1. The molecule has 4 heterocycles.